The number of likely N-dealkylation sites (tertiary alicyclic amines) is 3. The van der Waals surface area contributed by atoms with E-state index in [9.17, 15) is 14.4 Å². The van der Waals surface area contributed by atoms with Crippen molar-refractivity contribution in [3.8, 4) is 34.5 Å². The number of nitrogens with zero attached hydrogens (tertiary/aromatic N) is 12. The molecule has 650 valence electrons. The molecule has 12 aromatic rings. The number of benzene rings is 6. The van der Waals surface area contributed by atoms with Crippen molar-refractivity contribution in [2.75, 3.05) is 152 Å². The summed E-state index contributed by atoms with van der Waals surface area (Å²) in [6.07, 6.45) is 16.7. The first-order valence-corrected chi connectivity index (χ1v) is 44.1. The number of halogens is 3. The van der Waals surface area contributed by atoms with Gasteiger partial charge in [-0.25, -0.2) is 49.4 Å². The summed E-state index contributed by atoms with van der Waals surface area (Å²) in [4.78, 5) is 86.1. The molecule has 35 heteroatoms. The summed E-state index contributed by atoms with van der Waals surface area (Å²) in [6, 6.07) is 41.7. The van der Waals surface area contributed by atoms with Gasteiger partial charge in [0.25, 0.3) is 17.7 Å². The average Bonchev–Trinajstić information content (AvgIpc) is 0.799. The standard InChI is InChI=1S/C90H96Cl3N18O13P/c1-116-76-43-70-73(97-55-100-85(70)103-67-16-19-82(94-49-67)106-88(112)61-10-4-13-64(91)40-61)46-79(76)119-37-7-28-109-31-22-58(23-32-109)52-122-125(115,123-53-59-24-33-110(34-25-59)29-8-38-120-80-47-74-71(44-77(80)117-2)86(101-56-98-74)104-68-17-20-83(95-50-68)107-89(113)62-11-5-14-65(92)41-62)124-54-60-26-35-111(36-27-60)30-9-39-121-81-48-75-72(45-78(81)118-3)87(102-57-99-75)105-69-18-21-84(96-51-69)108-90(114)63-12-6-15-66(93)42-63/h4-6,10-21,40-51,55-60H,7-9,22-39,52-54H2,1-3H3,(H,94,106,112)(H,95,107,113)(H,96,108,114)(H,97,100,103)(H,98,101,104)(H,99,102,105). The molecule has 9 heterocycles. The Morgan fingerprint density at radius 1 is 0.376 bits per heavy atom. The van der Waals surface area contributed by atoms with Gasteiger partial charge in [0.05, 0.1) is 113 Å². The van der Waals surface area contributed by atoms with E-state index in [0.717, 1.165) is 117 Å². The van der Waals surface area contributed by atoms with Crippen LogP contribution in [0.5, 0.6) is 34.5 Å². The molecule has 0 aliphatic carbocycles. The number of carbonyl (C=O) groups is 3. The van der Waals surface area contributed by atoms with Crippen molar-refractivity contribution in [1.82, 2.24) is 59.6 Å². The molecule has 0 spiro atoms. The Morgan fingerprint density at radius 3 is 0.936 bits per heavy atom. The van der Waals surface area contributed by atoms with Crippen molar-refractivity contribution in [2.24, 2.45) is 17.8 Å². The van der Waals surface area contributed by atoms with Gasteiger partial charge in [-0.3, -0.25) is 28.0 Å². The molecule has 3 aliphatic heterocycles. The van der Waals surface area contributed by atoms with Gasteiger partial charge in [0, 0.05) is 85.8 Å². The van der Waals surface area contributed by atoms with E-state index in [4.69, 9.17) is 76.8 Å². The molecule has 0 bridgehead atoms. The number of phosphoric acid groups is 1. The first kappa shape index (κ1) is 88.1. The third-order valence-corrected chi connectivity index (χ3v) is 24.1. The fraction of sp³-hybridized carbons (Fsp3) is 0.333. The lowest BCUT2D eigenvalue weighted by Crippen LogP contribution is -2.37. The Hall–Kier alpha value is -11.7. The number of phosphoric ester groups is 1. The maximum atomic E-state index is 15.0. The van der Waals surface area contributed by atoms with Crippen LogP contribution < -0.4 is 60.3 Å². The minimum absolute atomic E-state index is 0.159. The normalized spacial score (nSPS) is 14.5. The average molecular weight is 1780 g/mol. The number of methoxy groups -OCH3 is 3. The highest BCUT2D eigenvalue weighted by atomic mass is 35.5. The van der Waals surface area contributed by atoms with E-state index in [2.05, 4.69) is 91.5 Å². The second-order valence-corrected chi connectivity index (χ2v) is 33.6. The number of pyridine rings is 3. The SMILES string of the molecule is COc1cc2c(Nc3ccc(NC(=O)c4cccc(Cl)c4)nc3)ncnc2cc1OCCCN1CCC(COP(=O)(OCC2CCN(CCCOc3cc4ncnc(Nc5ccc(NC(=O)c6cccc(Cl)c6)nc5)c4cc3OC)CC2)OCC2CCN(CCCOc3cc4ncnc(Nc5ccc(NC(=O)c6cccc(Cl)c6)nc5)c4cc3OC)CC2)CC1. The zero-order valence-corrected chi connectivity index (χ0v) is 72.4. The van der Waals surface area contributed by atoms with Crippen LogP contribution >= 0.6 is 42.6 Å². The van der Waals surface area contributed by atoms with Gasteiger partial charge in [0.15, 0.2) is 34.5 Å². The van der Waals surface area contributed by atoms with Crippen LogP contribution in [0.3, 0.4) is 0 Å². The van der Waals surface area contributed by atoms with Gasteiger partial charge in [-0.2, -0.15) is 0 Å². The van der Waals surface area contributed by atoms with Crippen LogP contribution in [0, 0.1) is 17.8 Å². The largest absolute Gasteiger partial charge is 0.493 e. The number of ether oxygens (including phenoxy) is 6. The number of hydrogen-bond donors (Lipinski definition) is 6. The Kier molecular flexibility index (Phi) is 30.2. The molecule has 3 saturated heterocycles. The number of aromatic nitrogens is 9. The predicted molar refractivity (Wildman–Crippen MR) is 482 cm³/mol. The second kappa shape index (κ2) is 42.8. The van der Waals surface area contributed by atoms with Crippen LogP contribution in [-0.4, -0.2) is 197 Å². The minimum Gasteiger partial charge on any atom is -0.493 e. The van der Waals surface area contributed by atoms with Crippen molar-refractivity contribution in [3.05, 3.63) is 215 Å². The van der Waals surface area contributed by atoms with Crippen LogP contribution in [0.2, 0.25) is 15.1 Å². The number of nitrogens with one attached hydrogen (secondary N) is 6. The first-order chi connectivity index (χ1) is 61.0. The van der Waals surface area contributed by atoms with E-state index in [1.807, 2.05) is 36.4 Å². The predicted octanol–water partition coefficient (Wildman–Crippen LogP) is 17.7. The molecular weight excluding hydrogens is 1680 g/mol. The Labute approximate surface area is 737 Å². The topological polar surface area (TPSA) is 349 Å². The van der Waals surface area contributed by atoms with E-state index >= 15 is 4.57 Å². The third-order valence-electron chi connectivity index (χ3n) is 22.0. The third kappa shape index (κ3) is 24.2. The maximum Gasteiger partial charge on any atom is 0.474 e. The molecule has 3 aliphatic rings. The summed E-state index contributed by atoms with van der Waals surface area (Å²) in [5, 5.41) is 21.9. The highest BCUT2D eigenvalue weighted by Gasteiger charge is 2.34. The molecule has 0 saturated carbocycles. The van der Waals surface area contributed by atoms with E-state index in [1.54, 1.807) is 149 Å². The molecule has 31 nitrogen and oxygen atoms in total. The lowest BCUT2D eigenvalue weighted by Gasteiger charge is -2.34. The van der Waals surface area contributed by atoms with E-state index in [-0.39, 0.29) is 55.3 Å². The monoisotopic (exact) mass is 1770 g/mol. The number of piperidine rings is 3. The first-order valence-electron chi connectivity index (χ1n) is 41.5. The van der Waals surface area contributed by atoms with Crippen molar-refractivity contribution in [1.29, 1.82) is 0 Å². The highest BCUT2D eigenvalue weighted by Crippen LogP contribution is 2.52. The summed E-state index contributed by atoms with van der Waals surface area (Å²) in [7, 11) is 0.803. The molecule has 6 N–H and O–H groups in total. The summed E-state index contributed by atoms with van der Waals surface area (Å²) in [5.41, 5.74) is 5.17. The van der Waals surface area contributed by atoms with Crippen molar-refractivity contribution >= 4 is 145 Å². The number of amides is 3. The fourth-order valence-corrected chi connectivity index (χ4v) is 17.0. The maximum absolute atomic E-state index is 15.0. The summed E-state index contributed by atoms with van der Waals surface area (Å²) in [6.45, 7) is 9.66. The second-order valence-electron chi connectivity index (χ2n) is 30.6. The van der Waals surface area contributed by atoms with Crippen LogP contribution in [-0.2, 0) is 18.1 Å². The molecule has 0 unspecified atom stereocenters. The van der Waals surface area contributed by atoms with Crippen molar-refractivity contribution < 1.29 is 60.9 Å². The van der Waals surface area contributed by atoms with E-state index in [1.165, 1.54) is 19.0 Å². The molecule has 3 fully saturated rings. The molecule has 0 atom stereocenters. The van der Waals surface area contributed by atoms with E-state index in [0.29, 0.717) is 171 Å². The van der Waals surface area contributed by atoms with Gasteiger partial charge in [0.2, 0.25) is 0 Å². The van der Waals surface area contributed by atoms with E-state index < -0.39 is 7.82 Å². The molecular formula is C90H96Cl3N18O13P. The number of hydrogen-bond acceptors (Lipinski definition) is 28. The summed E-state index contributed by atoms with van der Waals surface area (Å²) in [5.74, 6) is 5.54. The zero-order valence-electron chi connectivity index (χ0n) is 69.3. The van der Waals surface area contributed by atoms with Crippen molar-refractivity contribution in [2.45, 2.75) is 57.8 Å². The van der Waals surface area contributed by atoms with Crippen LogP contribution in [0.25, 0.3) is 32.7 Å². The summed E-state index contributed by atoms with van der Waals surface area (Å²) >= 11 is 18.3. The quantitative estimate of drug-likeness (QED) is 0.0154. The Balaban J connectivity index is 0.509. The van der Waals surface area contributed by atoms with Gasteiger partial charge in [-0.1, -0.05) is 53.0 Å². The molecule has 15 rings (SSSR count). The van der Waals surface area contributed by atoms with Gasteiger partial charge < -0.3 is 75.0 Å². The Bertz CT molecular complexity index is 5210. The van der Waals surface area contributed by atoms with Crippen LogP contribution in [0.4, 0.5) is 52.0 Å². The molecule has 6 aromatic heterocycles. The summed E-state index contributed by atoms with van der Waals surface area (Å²) < 4.78 is 70.8. The zero-order chi connectivity index (χ0) is 86.4. The van der Waals surface area contributed by atoms with Crippen LogP contribution in [0.15, 0.2) is 183 Å². The lowest BCUT2D eigenvalue weighted by atomic mass is 9.98. The number of anilines is 9. The number of carbonyl (C=O) groups excluding carboxylic acids is 3. The number of rotatable bonds is 39. The van der Waals surface area contributed by atoms with Gasteiger partial charge in [-0.15, -0.1) is 0 Å². The van der Waals surface area contributed by atoms with Gasteiger partial charge in [0.1, 0.15) is 53.9 Å². The fourth-order valence-electron chi connectivity index (χ4n) is 15.0. The lowest BCUT2D eigenvalue weighted by molar-refractivity contribution is 0.0490. The smallest absolute Gasteiger partial charge is 0.474 e. The molecule has 3 amide bonds. The molecule has 6 aromatic carbocycles. The van der Waals surface area contributed by atoms with Crippen molar-refractivity contribution in [3.63, 3.8) is 0 Å². The Morgan fingerprint density at radius 2 is 0.672 bits per heavy atom. The number of fused-ring (bicyclic) bond motifs is 3. The molecule has 125 heavy (non-hydrogen) atoms. The highest BCUT2D eigenvalue weighted by molar-refractivity contribution is 7.48. The molecule has 0 radical (unpaired) electrons. The van der Waals surface area contributed by atoms with Gasteiger partial charge in [-0.05, 0) is 224 Å². The minimum atomic E-state index is -3.99. The van der Waals surface area contributed by atoms with Gasteiger partial charge >= 0.3 is 7.82 Å². The van der Waals surface area contributed by atoms with Crippen LogP contribution in [0.1, 0.15) is 88.9 Å².